The van der Waals surface area contributed by atoms with E-state index >= 15 is 0 Å². The average Bonchev–Trinajstić information content (AvgIpc) is 1.84. The van der Waals surface area contributed by atoms with Crippen LogP contribution in [-0.4, -0.2) is 59.9 Å². The molecule has 3 N–H and O–H groups in total. The number of rotatable bonds is 5. The molecular formula is C7H17NO4. The lowest BCUT2D eigenvalue weighted by Gasteiger charge is -2.27. The number of nitrogens with zero attached hydrogens (tertiary/aromatic N) is 1. The lowest BCUT2D eigenvalue weighted by molar-refractivity contribution is -0.890. The quantitative estimate of drug-likeness (QED) is 0.549. The van der Waals surface area contributed by atoms with Gasteiger partial charge in [0.05, 0.1) is 33.7 Å². The summed E-state index contributed by atoms with van der Waals surface area (Å²) < 4.78 is 0.558. The molecule has 0 aliphatic heterocycles. The van der Waals surface area contributed by atoms with Crippen molar-refractivity contribution in [3.63, 3.8) is 0 Å². The monoisotopic (exact) mass is 179 g/mol. The molecule has 5 nitrogen and oxygen atoms in total. The van der Waals surface area contributed by atoms with Gasteiger partial charge in [-0.25, -0.2) is 0 Å². The number of aliphatic hydroxyl groups is 1. The molecule has 12 heavy (non-hydrogen) atoms. The summed E-state index contributed by atoms with van der Waals surface area (Å²) in [6, 6.07) is 0. The second-order valence-electron chi connectivity index (χ2n) is 3.25. The van der Waals surface area contributed by atoms with Crippen LogP contribution in [0.25, 0.3) is 0 Å². The molecule has 0 heterocycles. The summed E-state index contributed by atoms with van der Waals surface area (Å²) in [7, 11) is 3.80. The van der Waals surface area contributed by atoms with E-state index in [1.54, 1.807) is 0 Å². The number of quaternary nitrogens is 1. The topological polar surface area (TPSA) is 87.5 Å². The minimum atomic E-state index is -0.783. The fourth-order valence-electron chi connectivity index (χ4n) is 0.781. The summed E-state index contributed by atoms with van der Waals surface area (Å²) in [5.74, 6) is -0.783. The van der Waals surface area contributed by atoms with Gasteiger partial charge in [-0.3, -0.25) is 4.79 Å². The number of carboxylic acid groups (broad SMARTS) is 1. The molecule has 0 saturated heterocycles. The predicted octanol–water partition coefficient (Wildman–Crippen LogP) is -0.647. The van der Waals surface area contributed by atoms with Crippen LogP contribution in [0.1, 0.15) is 6.42 Å². The molecule has 0 atom stereocenters. The minimum Gasteiger partial charge on any atom is -0.870 e. The highest BCUT2D eigenvalue weighted by molar-refractivity contribution is 5.66. The number of hydrogen-bond acceptors (Lipinski definition) is 3. The second kappa shape index (κ2) is 5.93. The molecular weight excluding hydrogens is 162 g/mol. The molecule has 5 heteroatoms. The molecule has 0 aromatic rings. The highest BCUT2D eigenvalue weighted by atomic mass is 16.4. The lowest BCUT2D eigenvalue weighted by atomic mass is 10.3. The summed E-state index contributed by atoms with van der Waals surface area (Å²) in [5.41, 5.74) is 0. The van der Waals surface area contributed by atoms with Crippen molar-refractivity contribution >= 4 is 5.97 Å². The molecule has 0 saturated carbocycles. The Morgan fingerprint density at radius 3 is 2.17 bits per heavy atom. The third-order valence-electron chi connectivity index (χ3n) is 1.64. The first kappa shape index (κ1) is 13.9. The van der Waals surface area contributed by atoms with E-state index in [-0.39, 0.29) is 18.5 Å². The zero-order valence-electron chi connectivity index (χ0n) is 7.53. The summed E-state index contributed by atoms with van der Waals surface area (Å²) in [6.45, 7) is 1.27. The third kappa shape index (κ3) is 7.46. The number of carbonyl (C=O) groups is 1. The van der Waals surface area contributed by atoms with Gasteiger partial charge in [-0.15, -0.1) is 0 Å². The van der Waals surface area contributed by atoms with Crippen molar-refractivity contribution in [3.05, 3.63) is 0 Å². The number of aliphatic hydroxyl groups excluding tert-OH is 1. The Balaban J connectivity index is 0. The Morgan fingerprint density at radius 1 is 1.33 bits per heavy atom. The normalized spacial score (nSPS) is 10.6. The summed E-state index contributed by atoms with van der Waals surface area (Å²) in [6.07, 6.45) is 0.160. The van der Waals surface area contributed by atoms with Crippen molar-refractivity contribution in [3.8, 4) is 0 Å². The van der Waals surface area contributed by atoms with Crippen LogP contribution in [0.15, 0.2) is 0 Å². The third-order valence-corrected chi connectivity index (χ3v) is 1.64. The number of hydrogen-bond donors (Lipinski definition) is 2. The Morgan fingerprint density at radius 2 is 1.83 bits per heavy atom. The fourth-order valence-corrected chi connectivity index (χ4v) is 0.781. The number of likely N-dealkylation sites (N-methyl/N-ethyl adjacent to an activating group) is 1. The van der Waals surface area contributed by atoms with Crippen LogP contribution >= 0.6 is 0 Å². The van der Waals surface area contributed by atoms with Gasteiger partial charge in [0.1, 0.15) is 6.54 Å². The smallest absolute Gasteiger partial charge is 0.309 e. The van der Waals surface area contributed by atoms with Crippen molar-refractivity contribution in [2.24, 2.45) is 0 Å². The van der Waals surface area contributed by atoms with Crippen LogP contribution in [0.4, 0.5) is 0 Å². The zero-order chi connectivity index (χ0) is 8.91. The SMILES string of the molecule is C[N+](C)(CCO)CCC(=O)O.[OH-]. The van der Waals surface area contributed by atoms with Crippen LogP contribution < -0.4 is 0 Å². The van der Waals surface area contributed by atoms with Crippen molar-refractivity contribution in [1.82, 2.24) is 0 Å². The highest BCUT2D eigenvalue weighted by Crippen LogP contribution is 1.97. The van der Waals surface area contributed by atoms with Crippen LogP contribution in [-0.2, 0) is 4.79 Å². The Bertz CT molecular complexity index is 135. The Labute approximate surface area is 72.1 Å². The molecule has 0 bridgehead atoms. The molecule has 0 amide bonds. The van der Waals surface area contributed by atoms with E-state index in [9.17, 15) is 4.79 Å². The van der Waals surface area contributed by atoms with E-state index in [4.69, 9.17) is 10.2 Å². The van der Waals surface area contributed by atoms with E-state index in [2.05, 4.69) is 0 Å². The van der Waals surface area contributed by atoms with Gasteiger partial charge in [-0.1, -0.05) is 0 Å². The van der Waals surface area contributed by atoms with Crippen molar-refractivity contribution in [1.29, 1.82) is 0 Å². The molecule has 0 aliphatic rings. The van der Waals surface area contributed by atoms with E-state index in [1.807, 2.05) is 14.1 Å². The molecule has 0 aliphatic carbocycles. The minimum absolute atomic E-state index is 0. The second-order valence-corrected chi connectivity index (χ2v) is 3.25. The molecule has 0 radical (unpaired) electrons. The van der Waals surface area contributed by atoms with Crippen molar-refractivity contribution < 1.29 is 25.0 Å². The maximum atomic E-state index is 10.2. The Hall–Kier alpha value is -0.650. The van der Waals surface area contributed by atoms with Crippen molar-refractivity contribution in [2.45, 2.75) is 6.42 Å². The zero-order valence-corrected chi connectivity index (χ0v) is 7.53. The molecule has 74 valence electrons. The average molecular weight is 179 g/mol. The molecule has 0 aromatic heterocycles. The maximum absolute atomic E-state index is 10.2. The summed E-state index contributed by atoms with van der Waals surface area (Å²) in [5, 5.41) is 17.0. The van der Waals surface area contributed by atoms with Gasteiger partial charge in [0.2, 0.25) is 0 Å². The number of carboxylic acids is 1. The molecule has 0 aromatic carbocycles. The lowest BCUT2D eigenvalue weighted by Crippen LogP contribution is -2.43. The molecule has 0 rings (SSSR count). The maximum Gasteiger partial charge on any atom is 0.309 e. The summed E-state index contributed by atoms with van der Waals surface area (Å²) in [4.78, 5) is 10.2. The van der Waals surface area contributed by atoms with Crippen LogP contribution in [0.3, 0.4) is 0 Å². The number of aliphatic carboxylic acids is 1. The highest BCUT2D eigenvalue weighted by Gasteiger charge is 2.15. The Kier molecular flexibility index (Phi) is 6.88. The molecule has 0 unspecified atom stereocenters. The first-order valence-corrected chi connectivity index (χ1v) is 3.62. The fraction of sp³-hybridized carbons (Fsp3) is 0.857. The largest absolute Gasteiger partial charge is 0.870 e. The van der Waals surface area contributed by atoms with E-state index in [0.29, 0.717) is 17.6 Å². The first-order chi connectivity index (χ1) is 4.98. The van der Waals surface area contributed by atoms with E-state index in [0.717, 1.165) is 0 Å². The van der Waals surface area contributed by atoms with Gasteiger partial charge in [-0.05, 0) is 0 Å². The van der Waals surface area contributed by atoms with Crippen LogP contribution in [0.2, 0.25) is 0 Å². The van der Waals surface area contributed by atoms with Gasteiger partial charge in [0, 0.05) is 0 Å². The first-order valence-electron chi connectivity index (χ1n) is 3.62. The van der Waals surface area contributed by atoms with Gasteiger partial charge in [0.15, 0.2) is 0 Å². The van der Waals surface area contributed by atoms with E-state index in [1.165, 1.54) is 0 Å². The van der Waals surface area contributed by atoms with E-state index < -0.39 is 5.97 Å². The van der Waals surface area contributed by atoms with Crippen LogP contribution in [0, 0.1) is 0 Å². The van der Waals surface area contributed by atoms with Crippen molar-refractivity contribution in [2.75, 3.05) is 33.8 Å². The van der Waals surface area contributed by atoms with Gasteiger partial charge < -0.3 is 20.2 Å². The van der Waals surface area contributed by atoms with Gasteiger partial charge >= 0.3 is 5.97 Å². The predicted molar refractivity (Wildman–Crippen MR) is 43.1 cm³/mol. The van der Waals surface area contributed by atoms with Gasteiger partial charge in [0.25, 0.3) is 0 Å². The molecule has 0 spiro atoms. The summed E-state index contributed by atoms with van der Waals surface area (Å²) >= 11 is 0. The van der Waals surface area contributed by atoms with Gasteiger partial charge in [-0.2, -0.15) is 0 Å². The standard InChI is InChI=1S/C7H15NO3.H2O/c1-8(2,5-6-9)4-3-7(10)11;/h9H,3-6H2,1-2H3;1H2. The van der Waals surface area contributed by atoms with Crippen LogP contribution in [0.5, 0.6) is 0 Å². The molecule has 0 fully saturated rings.